The van der Waals surface area contributed by atoms with Crippen molar-refractivity contribution in [2.45, 2.75) is 19.1 Å². The number of carbonyl (C=O) groups excluding carboxylic acids is 1. The quantitative estimate of drug-likeness (QED) is 0.813. The van der Waals surface area contributed by atoms with Crippen molar-refractivity contribution in [3.63, 3.8) is 0 Å². The van der Waals surface area contributed by atoms with Crippen LogP contribution < -0.4 is 0 Å². The Morgan fingerprint density at radius 3 is 2.90 bits per heavy atom. The van der Waals surface area contributed by atoms with Gasteiger partial charge in [0.1, 0.15) is 11.7 Å². The summed E-state index contributed by atoms with van der Waals surface area (Å²) in [6.07, 6.45) is 1.55. The third-order valence-corrected chi connectivity index (χ3v) is 2.84. The molecule has 2 atom stereocenters. The molecule has 0 spiro atoms. The molecule has 106 valence electrons. The maximum Gasteiger partial charge on any atom is 0.338 e. The van der Waals surface area contributed by atoms with Crippen LogP contribution in [0.4, 0.5) is 0 Å². The Balaban J connectivity index is 2.10. The van der Waals surface area contributed by atoms with E-state index in [0.29, 0.717) is 0 Å². The van der Waals surface area contributed by atoms with E-state index in [1.165, 1.54) is 6.08 Å². The van der Waals surface area contributed by atoms with Gasteiger partial charge in [0, 0.05) is 10.9 Å². The van der Waals surface area contributed by atoms with E-state index in [1.807, 2.05) is 24.3 Å². The lowest BCUT2D eigenvalue weighted by atomic mass is 10.1. The lowest BCUT2D eigenvalue weighted by Crippen LogP contribution is -2.34. The molecular formula is C15H16O5. The highest BCUT2D eigenvalue weighted by Gasteiger charge is 2.23. The Labute approximate surface area is 116 Å². The molecule has 0 bridgehead atoms. The number of rotatable bonds is 5. The second-order valence-electron chi connectivity index (χ2n) is 4.23. The summed E-state index contributed by atoms with van der Waals surface area (Å²) in [6.45, 7) is 1.78. The van der Waals surface area contributed by atoms with E-state index in [9.17, 15) is 15.0 Å². The number of ether oxygens (including phenoxy) is 1. The Morgan fingerprint density at radius 2 is 2.15 bits per heavy atom. The van der Waals surface area contributed by atoms with E-state index in [4.69, 9.17) is 4.42 Å². The molecule has 1 heterocycles. The zero-order chi connectivity index (χ0) is 14.5. The maximum atomic E-state index is 11.3. The van der Waals surface area contributed by atoms with Crippen LogP contribution in [0.5, 0.6) is 0 Å². The first-order valence-electron chi connectivity index (χ1n) is 6.30. The summed E-state index contributed by atoms with van der Waals surface area (Å²) in [5.41, 5.74) is 1.49. The van der Waals surface area contributed by atoms with Crippen molar-refractivity contribution in [2.75, 3.05) is 6.61 Å². The van der Waals surface area contributed by atoms with Gasteiger partial charge in [0.05, 0.1) is 12.9 Å². The fourth-order valence-electron chi connectivity index (χ4n) is 1.80. The highest BCUT2D eigenvalue weighted by molar-refractivity contribution is 5.87. The number of furan rings is 1. The van der Waals surface area contributed by atoms with Crippen LogP contribution in [0.3, 0.4) is 0 Å². The van der Waals surface area contributed by atoms with Crippen molar-refractivity contribution in [3.05, 3.63) is 42.2 Å². The van der Waals surface area contributed by atoms with Crippen LogP contribution in [0.1, 0.15) is 12.5 Å². The number of para-hydroxylation sites is 1. The molecule has 2 N–H and O–H groups in total. The van der Waals surface area contributed by atoms with Gasteiger partial charge in [0.25, 0.3) is 0 Å². The minimum absolute atomic E-state index is 0.151. The molecule has 2 rings (SSSR count). The fraction of sp³-hybridized carbons (Fsp3) is 0.267. The van der Waals surface area contributed by atoms with Gasteiger partial charge in [-0.1, -0.05) is 30.4 Å². The minimum atomic E-state index is -1.59. The molecule has 0 aliphatic carbocycles. The standard InChI is InChI=1S/C15H16O5/c1-2-19-15(18)14(17)12(16)8-7-10-9-20-13-6-4-3-5-11(10)13/h3-9,12,14,16-17H,2H2,1H3/b8-7+/t12-,14-/m0/s1. The summed E-state index contributed by atoms with van der Waals surface area (Å²) in [5, 5.41) is 20.2. The number of carbonyl (C=O) groups is 1. The Bertz CT molecular complexity index is 614. The summed E-state index contributed by atoms with van der Waals surface area (Å²) in [4.78, 5) is 11.3. The van der Waals surface area contributed by atoms with Crippen molar-refractivity contribution in [2.24, 2.45) is 0 Å². The Morgan fingerprint density at radius 1 is 1.40 bits per heavy atom. The number of aliphatic hydroxyl groups excluding tert-OH is 2. The van der Waals surface area contributed by atoms with Crippen LogP contribution in [0.25, 0.3) is 17.0 Å². The SMILES string of the molecule is CCOC(=O)[C@@H](O)[C@@H](O)/C=C/c1coc2ccccc12. The van der Waals surface area contributed by atoms with E-state index < -0.39 is 18.2 Å². The van der Waals surface area contributed by atoms with Gasteiger partial charge >= 0.3 is 5.97 Å². The zero-order valence-corrected chi connectivity index (χ0v) is 11.0. The van der Waals surface area contributed by atoms with Crippen LogP contribution in [0.15, 0.2) is 41.0 Å². The number of hydrogen-bond acceptors (Lipinski definition) is 5. The molecule has 1 aromatic heterocycles. The molecular weight excluding hydrogens is 260 g/mol. The van der Waals surface area contributed by atoms with Gasteiger partial charge in [-0.15, -0.1) is 0 Å². The van der Waals surface area contributed by atoms with E-state index in [0.717, 1.165) is 16.5 Å². The number of fused-ring (bicyclic) bond motifs is 1. The molecule has 20 heavy (non-hydrogen) atoms. The molecule has 0 aliphatic heterocycles. The van der Waals surface area contributed by atoms with Gasteiger partial charge in [-0.2, -0.15) is 0 Å². The third-order valence-electron chi connectivity index (χ3n) is 2.84. The molecule has 0 radical (unpaired) electrons. The van der Waals surface area contributed by atoms with Crippen LogP contribution in [0.2, 0.25) is 0 Å². The molecule has 0 unspecified atom stereocenters. The van der Waals surface area contributed by atoms with E-state index in [1.54, 1.807) is 19.3 Å². The first-order chi connectivity index (χ1) is 9.63. The highest BCUT2D eigenvalue weighted by atomic mass is 16.5. The van der Waals surface area contributed by atoms with Crippen molar-refractivity contribution < 1.29 is 24.2 Å². The summed E-state index contributed by atoms with van der Waals surface area (Å²) < 4.78 is 9.97. The lowest BCUT2D eigenvalue weighted by molar-refractivity contribution is -0.157. The summed E-state index contributed by atoms with van der Waals surface area (Å²) in [6, 6.07) is 7.45. The minimum Gasteiger partial charge on any atom is -0.464 e. The van der Waals surface area contributed by atoms with Crippen molar-refractivity contribution >= 4 is 23.0 Å². The highest BCUT2D eigenvalue weighted by Crippen LogP contribution is 2.22. The molecule has 0 fully saturated rings. The van der Waals surface area contributed by atoms with Gasteiger partial charge in [-0.05, 0) is 13.0 Å². The summed E-state index contributed by atoms with van der Waals surface area (Å²) >= 11 is 0. The van der Waals surface area contributed by atoms with Gasteiger partial charge in [0.2, 0.25) is 0 Å². The Hall–Kier alpha value is -2.11. The zero-order valence-electron chi connectivity index (χ0n) is 11.0. The van der Waals surface area contributed by atoms with E-state index in [-0.39, 0.29) is 6.61 Å². The number of esters is 1. The van der Waals surface area contributed by atoms with Crippen molar-refractivity contribution in [1.29, 1.82) is 0 Å². The van der Waals surface area contributed by atoms with Crippen molar-refractivity contribution in [3.8, 4) is 0 Å². The fourth-order valence-corrected chi connectivity index (χ4v) is 1.80. The molecule has 0 aliphatic rings. The lowest BCUT2D eigenvalue weighted by Gasteiger charge is -2.12. The largest absolute Gasteiger partial charge is 0.464 e. The average molecular weight is 276 g/mol. The molecule has 0 saturated carbocycles. The molecule has 1 aromatic carbocycles. The van der Waals surface area contributed by atoms with Gasteiger partial charge in [0.15, 0.2) is 6.10 Å². The number of aliphatic hydroxyl groups is 2. The monoisotopic (exact) mass is 276 g/mol. The molecule has 2 aromatic rings. The van der Waals surface area contributed by atoms with Gasteiger partial charge in [-0.3, -0.25) is 0 Å². The number of benzene rings is 1. The predicted octanol–water partition coefficient (Wildman–Crippen LogP) is 1.73. The van der Waals surface area contributed by atoms with Gasteiger partial charge < -0.3 is 19.4 Å². The van der Waals surface area contributed by atoms with Crippen molar-refractivity contribution in [1.82, 2.24) is 0 Å². The summed E-state index contributed by atoms with van der Waals surface area (Å²) in [7, 11) is 0. The van der Waals surface area contributed by atoms with Crippen LogP contribution >= 0.6 is 0 Å². The van der Waals surface area contributed by atoms with Crippen LogP contribution in [-0.4, -0.2) is 35.0 Å². The topological polar surface area (TPSA) is 79.9 Å². The Kier molecular flexibility index (Phi) is 4.55. The normalized spacial score (nSPS) is 14.6. The smallest absolute Gasteiger partial charge is 0.338 e. The van der Waals surface area contributed by atoms with Crippen LogP contribution in [0, 0.1) is 0 Å². The average Bonchev–Trinajstić information content (AvgIpc) is 2.87. The van der Waals surface area contributed by atoms with Gasteiger partial charge in [-0.25, -0.2) is 4.79 Å². The molecule has 5 nitrogen and oxygen atoms in total. The third kappa shape index (κ3) is 3.07. The summed E-state index contributed by atoms with van der Waals surface area (Å²) in [5.74, 6) is -0.846. The van der Waals surface area contributed by atoms with E-state index in [2.05, 4.69) is 4.74 Å². The molecule has 0 saturated heterocycles. The number of hydrogen-bond donors (Lipinski definition) is 2. The van der Waals surface area contributed by atoms with Crippen LogP contribution in [-0.2, 0) is 9.53 Å². The first kappa shape index (κ1) is 14.3. The maximum absolute atomic E-state index is 11.3. The molecule has 5 heteroatoms. The second kappa shape index (κ2) is 6.36. The predicted molar refractivity (Wildman–Crippen MR) is 73.9 cm³/mol. The second-order valence-corrected chi connectivity index (χ2v) is 4.23. The first-order valence-corrected chi connectivity index (χ1v) is 6.30. The van der Waals surface area contributed by atoms with E-state index >= 15 is 0 Å². The molecule has 0 amide bonds.